The van der Waals surface area contributed by atoms with Crippen molar-refractivity contribution in [2.45, 2.75) is 13.8 Å². The van der Waals surface area contributed by atoms with E-state index in [1.165, 1.54) is 0 Å². The van der Waals surface area contributed by atoms with Gasteiger partial charge in [0, 0.05) is 15.6 Å². The van der Waals surface area contributed by atoms with Gasteiger partial charge in [-0.2, -0.15) is 0 Å². The number of nitrogens with zero attached hydrogens (tertiary/aromatic N) is 2. The normalized spacial score (nSPS) is 10.6. The van der Waals surface area contributed by atoms with Crippen molar-refractivity contribution in [1.82, 2.24) is 9.97 Å². The molecule has 1 aromatic heterocycles. The first-order valence-corrected chi connectivity index (χ1v) is 6.50. The monoisotopic (exact) mass is 330 g/mol. The van der Waals surface area contributed by atoms with Crippen LogP contribution in [0.25, 0.3) is 11.4 Å². The Morgan fingerprint density at radius 3 is 2.18 bits per heavy atom. The van der Waals surface area contributed by atoms with E-state index in [1.54, 1.807) is 6.92 Å². The van der Waals surface area contributed by atoms with Crippen LogP contribution >= 0.6 is 39.1 Å². The van der Waals surface area contributed by atoms with Gasteiger partial charge in [-0.1, -0.05) is 45.2 Å². The van der Waals surface area contributed by atoms with Gasteiger partial charge in [0.15, 0.2) is 5.82 Å². The summed E-state index contributed by atoms with van der Waals surface area (Å²) >= 11 is 15.4. The minimum absolute atomic E-state index is 0.389. The number of aryl methyl sites for hydroxylation is 1. The molecule has 17 heavy (non-hydrogen) atoms. The highest BCUT2D eigenvalue weighted by molar-refractivity contribution is 9.10. The average Bonchev–Trinajstić information content (AvgIpc) is 2.29. The van der Waals surface area contributed by atoms with Crippen molar-refractivity contribution < 1.29 is 0 Å². The van der Waals surface area contributed by atoms with Gasteiger partial charge in [-0.05, 0) is 31.5 Å². The second kappa shape index (κ2) is 4.92. The summed E-state index contributed by atoms with van der Waals surface area (Å²) in [5.74, 6) is 0.543. The molecular formula is C12H9BrCl2N2. The number of aromatic nitrogens is 2. The topological polar surface area (TPSA) is 25.8 Å². The van der Waals surface area contributed by atoms with Gasteiger partial charge in [0.2, 0.25) is 0 Å². The molecule has 0 atom stereocenters. The minimum Gasteiger partial charge on any atom is -0.216 e. The van der Waals surface area contributed by atoms with Crippen molar-refractivity contribution in [2.24, 2.45) is 0 Å². The van der Waals surface area contributed by atoms with Crippen LogP contribution in [0.2, 0.25) is 10.3 Å². The fourth-order valence-corrected chi connectivity index (χ4v) is 2.01. The van der Waals surface area contributed by atoms with E-state index < -0.39 is 0 Å². The van der Waals surface area contributed by atoms with Crippen LogP contribution in [0, 0.1) is 13.8 Å². The Labute approximate surface area is 118 Å². The van der Waals surface area contributed by atoms with Crippen molar-refractivity contribution in [3.63, 3.8) is 0 Å². The number of rotatable bonds is 1. The van der Waals surface area contributed by atoms with Gasteiger partial charge in [0.25, 0.3) is 0 Å². The lowest BCUT2D eigenvalue weighted by molar-refractivity contribution is 1.14. The van der Waals surface area contributed by atoms with E-state index >= 15 is 0 Å². The highest BCUT2D eigenvalue weighted by Crippen LogP contribution is 2.27. The van der Waals surface area contributed by atoms with Gasteiger partial charge >= 0.3 is 0 Å². The van der Waals surface area contributed by atoms with Crippen LogP contribution in [0.3, 0.4) is 0 Å². The van der Waals surface area contributed by atoms with E-state index in [4.69, 9.17) is 23.2 Å². The van der Waals surface area contributed by atoms with E-state index in [1.807, 2.05) is 25.1 Å². The molecule has 0 bridgehead atoms. The first-order valence-electron chi connectivity index (χ1n) is 4.95. The van der Waals surface area contributed by atoms with E-state index in [0.29, 0.717) is 21.7 Å². The summed E-state index contributed by atoms with van der Waals surface area (Å²) in [5, 5.41) is 0.779. The highest BCUT2D eigenvalue weighted by Gasteiger charge is 2.09. The van der Waals surface area contributed by atoms with Crippen LogP contribution in [-0.4, -0.2) is 9.97 Å². The number of hydrogen-bond donors (Lipinski definition) is 0. The second-order valence-electron chi connectivity index (χ2n) is 3.72. The summed E-state index contributed by atoms with van der Waals surface area (Å²) in [6.45, 7) is 3.80. The van der Waals surface area contributed by atoms with Crippen LogP contribution in [0.5, 0.6) is 0 Å². The van der Waals surface area contributed by atoms with Crippen LogP contribution < -0.4 is 0 Å². The molecule has 0 spiro atoms. The molecular weight excluding hydrogens is 323 g/mol. The molecule has 0 aliphatic heterocycles. The molecule has 1 heterocycles. The molecule has 2 aromatic rings. The maximum atomic E-state index is 6.00. The van der Waals surface area contributed by atoms with Gasteiger partial charge in [0.05, 0.1) is 0 Å². The minimum atomic E-state index is 0.389. The first kappa shape index (κ1) is 12.8. The molecule has 88 valence electrons. The zero-order chi connectivity index (χ0) is 12.6. The number of halogens is 3. The van der Waals surface area contributed by atoms with Crippen LogP contribution in [0.15, 0.2) is 22.7 Å². The average molecular weight is 332 g/mol. The highest BCUT2D eigenvalue weighted by atomic mass is 79.9. The molecule has 0 aliphatic carbocycles. The maximum absolute atomic E-state index is 6.00. The first-order chi connectivity index (χ1) is 7.99. The lowest BCUT2D eigenvalue weighted by Gasteiger charge is -2.06. The molecule has 5 heteroatoms. The summed E-state index contributed by atoms with van der Waals surface area (Å²) in [6.07, 6.45) is 0. The molecule has 1 aromatic carbocycles. The molecule has 0 fully saturated rings. The zero-order valence-corrected chi connectivity index (χ0v) is 12.4. The lowest BCUT2D eigenvalue weighted by atomic mass is 10.1. The Morgan fingerprint density at radius 1 is 1.06 bits per heavy atom. The Hall–Kier alpha value is -0.640. The molecule has 0 radical (unpaired) electrons. The predicted octanol–water partition coefficient (Wildman–Crippen LogP) is 4.83. The molecule has 0 saturated heterocycles. The lowest BCUT2D eigenvalue weighted by Crippen LogP contribution is -1.94. The third kappa shape index (κ3) is 2.62. The summed E-state index contributed by atoms with van der Waals surface area (Å²) in [4.78, 5) is 8.46. The molecule has 2 nitrogen and oxygen atoms in total. The van der Waals surface area contributed by atoms with Crippen LogP contribution in [-0.2, 0) is 0 Å². The molecule has 0 aliphatic rings. The van der Waals surface area contributed by atoms with Gasteiger partial charge in [-0.25, -0.2) is 9.97 Å². The Bertz CT molecular complexity index is 562. The molecule has 0 saturated carbocycles. The largest absolute Gasteiger partial charge is 0.216 e. The molecule has 0 amide bonds. The van der Waals surface area contributed by atoms with Gasteiger partial charge in [-0.3, -0.25) is 0 Å². The standard InChI is InChI=1S/C12H9BrCl2N2/c1-6-5-8(3-4-9(6)13)12-16-10(14)7(2)11(15)17-12/h3-5H,1-2H3. The van der Waals surface area contributed by atoms with E-state index in [2.05, 4.69) is 25.9 Å². The van der Waals surface area contributed by atoms with Crippen molar-refractivity contribution in [1.29, 1.82) is 0 Å². The van der Waals surface area contributed by atoms with Gasteiger partial charge in [0.1, 0.15) is 10.3 Å². The fourth-order valence-electron chi connectivity index (χ4n) is 1.38. The zero-order valence-electron chi connectivity index (χ0n) is 9.26. The maximum Gasteiger partial charge on any atom is 0.162 e. The van der Waals surface area contributed by atoms with E-state index in [9.17, 15) is 0 Å². The predicted molar refractivity (Wildman–Crippen MR) is 74.7 cm³/mol. The summed E-state index contributed by atoms with van der Waals surface area (Å²) in [6, 6.07) is 5.87. The second-order valence-corrected chi connectivity index (χ2v) is 5.29. The smallest absolute Gasteiger partial charge is 0.162 e. The van der Waals surface area contributed by atoms with Gasteiger partial charge in [-0.15, -0.1) is 0 Å². The van der Waals surface area contributed by atoms with Crippen LogP contribution in [0.4, 0.5) is 0 Å². The quantitative estimate of drug-likeness (QED) is 0.699. The van der Waals surface area contributed by atoms with Crippen molar-refractivity contribution in [2.75, 3.05) is 0 Å². The molecule has 0 unspecified atom stereocenters. The Morgan fingerprint density at radius 2 is 1.65 bits per heavy atom. The Balaban J connectivity index is 2.57. The van der Waals surface area contributed by atoms with Crippen molar-refractivity contribution >= 4 is 39.1 Å². The van der Waals surface area contributed by atoms with Crippen molar-refractivity contribution in [3.05, 3.63) is 44.1 Å². The Kier molecular flexibility index (Phi) is 3.71. The number of hydrogen-bond acceptors (Lipinski definition) is 2. The van der Waals surface area contributed by atoms with E-state index in [0.717, 1.165) is 15.6 Å². The summed E-state index contributed by atoms with van der Waals surface area (Å²) in [7, 11) is 0. The number of benzene rings is 1. The summed E-state index contributed by atoms with van der Waals surface area (Å²) < 4.78 is 1.05. The van der Waals surface area contributed by atoms with Crippen LogP contribution in [0.1, 0.15) is 11.1 Å². The molecule has 2 rings (SSSR count). The van der Waals surface area contributed by atoms with E-state index in [-0.39, 0.29) is 0 Å². The SMILES string of the molecule is Cc1cc(-c2nc(Cl)c(C)c(Cl)n2)ccc1Br. The molecule has 0 N–H and O–H groups in total. The van der Waals surface area contributed by atoms with Crippen molar-refractivity contribution in [3.8, 4) is 11.4 Å². The fraction of sp³-hybridized carbons (Fsp3) is 0.167. The van der Waals surface area contributed by atoms with Gasteiger partial charge < -0.3 is 0 Å². The summed E-state index contributed by atoms with van der Waals surface area (Å²) in [5.41, 5.74) is 2.71. The third-order valence-corrected chi connectivity index (χ3v) is 4.07. The third-order valence-electron chi connectivity index (χ3n) is 2.44.